The van der Waals surface area contributed by atoms with Crippen molar-refractivity contribution in [3.63, 3.8) is 0 Å². The van der Waals surface area contributed by atoms with Crippen molar-refractivity contribution in [1.82, 2.24) is 15.5 Å². The Hall–Kier alpha value is -1.99. The second-order valence-electron chi connectivity index (χ2n) is 5.39. The molecule has 7 heteroatoms. The number of nitrogens with zero attached hydrogens (tertiary/aromatic N) is 2. The number of amides is 1. The van der Waals surface area contributed by atoms with Crippen LogP contribution in [-0.2, 0) is 6.42 Å². The molecule has 3 aromatic heterocycles. The van der Waals surface area contributed by atoms with Crippen LogP contribution in [0.3, 0.4) is 0 Å². The van der Waals surface area contributed by atoms with Crippen molar-refractivity contribution < 1.29 is 9.32 Å². The van der Waals surface area contributed by atoms with E-state index in [0.29, 0.717) is 23.4 Å². The zero-order chi connectivity index (χ0) is 16.4. The average molecular weight is 347 g/mol. The molecule has 23 heavy (non-hydrogen) atoms. The van der Waals surface area contributed by atoms with Gasteiger partial charge >= 0.3 is 0 Å². The van der Waals surface area contributed by atoms with Crippen molar-refractivity contribution >= 4 is 28.6 Å². The Morgan fingerprint density at radius 2 is 2.17 bits per heavy atom. The highest BCUT2D eigenvalue weighted by Gasteiger charge is 2.23. The van der Waals surface area contributed by atoms with E-state index in [1.165, 1.54) is 5.56 Å². The third-order valence-electron chi connectivity index (χ3n) is 3.52. The summed E-state index contributed by atoms with van der Waals surface area (Å²) in [5.41, 5.74) is 3.26. The summed E-state index contributed by atoms with van der Waals surface area (Å²) in [5.74, 6) is 0.360. The van der Waals surface area contributed by atoms with Crippen molar-refractivity contribution in [2.75, 3.05) is 0 Å². The Bertz CT molecular complexity index is 786. The fraction of sp³-hybridized carbons (Fsp3) is 0.312. The topological polar surface area (TPSA) is 68.0 Å². The first kappa shape index (κ1) is 15.9. The van der Waals surface area contributed by atoms with Crippen LogP contribution in [0.25, 0.3) is 0 Å². The minimum absolute atomic E-state index is 0.163. The van der Waals surface area contributed by atoms with Crippen LogP contribution in [0.2, 0.25) is 0 Å². The summed E-state index contributed by atoms with van der Waals surface area (Å²) in [6.07, 6.45) is 0.714. The van der Waals surface area contributed by atoms with Crippen molar-refractivity contribution in [1.29, 1.82) is 0 Å². The van der Waals surface area contributed by atoms with E-state index in [0.717, 1.165) is 10.7 Å². The molecule has 0 unspecified atom stereocenters. The van der Waals surface area contributed by atoms with Gasteiger partial charge in [0.25, 0.3) is 5.91 Å². The third kappa shape index (κ3) is 3.51. The number of hydrogen-bond donors (Lipinski definition) is 1. The number of rotatable bonds is 5. The highest BCUT2D eigenvalue weighted by molar-refractivity contribution is 7.09. The molecule has 3 heterocycles. The van der Waals surface area contributed by atoms with Crippen LogP contribution >= 0.6 is 22.7 Å². The lowest BCUT2D eigenvalue weighted by atomic mass is 10.1. The standard InChI is InChI=1S/C16H17N3O2S2/c1-9-7-23-16(17-9)13(6-12-4-5-22-8-12)18-15(20)14-10(2)19-21-11(14)3/h4-5,7-8,13H,6H2,1-3H3,(H,18,20)/t13-/m1/s1. The minimum atomic E-state index is -0.172. The molecule has 1 N–H and O–H groups in total. The Kier molecular flexibility index (Phi) is 4.58. The first-order valence-electron chi connectivity index (χ1n) is 7.21. The van der Waals surface area contributed by atoms with Crippen molar-refractivity contribution in [3.05, 3.63) is 55.5 Å². The summed E-state index contributed by atoms with van der Waals surface area (Å²) in [4.78, 5) is 17.2. The number of carbonyl (C=O) groups excluding carboxylic acids is 1. The Labute approximate surface area is 142 Å². The minimum Gasteiger partial charge on any atom is -0.361 e. The number of thiophene rings is 1. The largest absolute Gasteiger partial charge is 0.361 e. The van der Waals surface area contributed by atoms with E-state index in [2.05, 4.69) is 26.9 Å². The Balaban J connectivity index is 1.85. The lowest BCUT2D eigenvalue weighted by molar-refractivity contribution is 0.0934. The lowest BCUT2D eigenvalue weighted by Gasteiger charge is -2.16. The molecule has 1 atom stereocenters. The molecule has 1 amide bonds. The van der Waals surface area contributed by atoms with Gasteiger partial charge in [-0.25, -0.2) is 4.98 Å². The van der Waals surface area contributed by atoms with Crippen LogP contribution in [0.15, 0.2) is 26.7 Å². The summed E-state index contributed by atoms with van der Waals surface area (Å²) < 4.78 is 5.09. The zero-order valence-electron chi connectivity index (χ0n) is 13.1. The van der Waals surface area contributed by atoms with Crippen LogP contribution in [0.1, 0.15) is 44.1 Å². The molecule has 3 aromatic rings. The number of nitrogens with one attached hydrogen (secondary N) is 1. The summed E-state index contributed by atoms with van der Waals surface area (Å²) in [7, 11) is 0. The number of carbonyl (C=O) groups is 1. The van der Waals surface area contributed by atoms with E-state index in [1.807, 2.05) is 17.7 Å². The summed E-state index contributed by atoms with van der Waals surface area (Å²) in [5, 5.41) is 14.0. The second kappa shape index (κ2) is 6.64. The molecule has 0 radical (unpaired) electrons. The molecule has 0 aliphatic rings. The van der Waals surface area contributed by atoms with E-state index < -0.39 is 0 Å². The molecule has 0 aliphatic carbocycles. The molecule has 0 aliphatic heterocycles. The second-order valence-corrected chi connectivity index (χ2v) is 7.06. The van der Waals surface area contributed by atoms with Gasteiger partial charge in [0.1, 0.15) is 16.3 Å². The van der Waals surface area contributed by atoms with Crippen molar-refractivity contribution in [3.8, 4) is 0 Å². The molecular weight excluding hydrogens is 330 g/mol. The number of aromatic nitrogens is 2. The van der Waals surface area contributed by atoms with Crippen LogP contribution in [0, 0.1) is 20.8 Å². The van der Waals surface area contributed by atoms with Gasteiger partial charge in [-0.2, -0.15) is 11.3 Å². The fourth-order valence-corrected chi connectivity index (χ4v) is 3.94. The normalized spacial score (nSPS) is 12.3. The lowest BCUT2D eigenvalue weighted by Crippen LogP contribution is -2.30. The van der Waals surface area contributed by atoms with E-state index in [1.54, 1.807) is 36.5 Å². The smallest absolute Gasteiger partial charge is 0.257 e. The first-order valence-corrected chi connectivity index (χ1v) is 9.03. The summed E-state index contributed by atoms with van der Waals surface area (Å²) >= 11 is 3.21. The van der Waals surface area contributed by atoms with Crippen molar-refractivity contribution in [2.45, 2.75) is 33.2 Å². The van der Waals surface area contributed by atoms with Gasteiger partial charge in [0, 0.05) is 17.5 Å². The molecule has 0 fully saturated rings. The SMILES string of the molecule is Cc1csc([C@@H](Cc2ccsc2)NC(=O)c2c(C)noc2C)n1. The van der Waals surface area contributed by atoms with Crippen LogP contribution < -0.4 is 5.32 Å². The maximum atomic E-state index is 12.6. The van der Waals surface area contributed by atoms with Gasteiger partial charge in [-0.1, -0.05) is 5.16 Å². The molecular formula is C16H17N3O2S2. The number of thiazole rings is 1. The Morgan fingerprint density at radius 3 is 2.74 bits per heavy atom. The predicted molar refractivity (Wildman–Crippen MR) is 91.1 cm³/mol. The van der Waals surface area contributed by atoms with E-state index in [9.17, 15) is 4.79 Å². The van der Waals surface area contributed by atoms with E-state index in [4.69, 9.17) is 4.52 Å². The van der Waals surface area contributed by atoms with Gasteiger partial charge < -0.3 is 9.84 Å². The van der Waals surface area contributed by atoms with Gasteiger partial charge in [-0.15, -0.1) is 11.3 Å². The molecule has 0 bridgehead atoms. The maximum Gasteiger partial charge on any atom is 0.257 e. The summed E-state index contributed by atoms with van der Waals surface area (Å²) in [6, 6.07) is 1.91. The Morgan fingerprint density at radius 1 is 1.35 bits per heavy atom. The predicted octanol–water partition coefficient (Wildman–Crippen LogP) is 3.83. The molecule has 0 saturated carbocycles. The molecule has 0 aromatic carbocycles. The van der Waals surface area contributed by atoms with Crippen LogP contribution in [0.4, 0.5) is 0 Å². The van der Waals surface area contributed by atoms with E-state index in [-0.39, 0.29) is 11.9 Å². The zero-order valence-corrected chi connectivity index (χ0v) is 14.8. The first-order chi connectivity index (χ1) is 11.0. The monoisotopic (exact) mass is 347 g/mol. The van der Waals surface area contributed by atoms with Gasteiger partial charge in [-0.3, -0.25) is 4.79 Å². The van der Waals surface area contributed by atoms with Crippen LogP contribution in [-0.4, -0.2) is 16.0 Å². The fourth-order valence-electron chi connectivity index (χ4n) is 2.41. The molecule has 5 nitrogen and oxygen atoms in total. The maximum absolute atomic E-state index is 12.6. The third-order valence-corrected chi connectivity index (χ3v) is 5.33. The van der Waals surface area contributed by atoms with Gasteiger partial charge in [0.2, 0.25) is 0 Å². The van der Waals surface area contributed by atoms with Crippen LogP contribution in [0.5, 0.6) is 0 Å². The average Bonchev–Trinajstić information content (AvgIpc) is 3.21. The van der Waals surface area contributed by atoms with Crippen molar-refractivity contribution in [2.24, 2.45) is 0 Å². The quantitative estimate of drug-likeness (QED) is 0.761. The number of aryl methyl sites for hydroxylation is 3. The van der Waals surface area contributed by atoms with Gasteiger partial charge in [0.15, 0.2) is 0 Å². The number of hydrogen-bond acceptors (Lipinski definition) is 6. The summed E-state index contributed by atoms with van der Waals surface area (Å²) in [6.45, 7) is 5.47. The molecule has 120 valence electrons. The van der Waals surface area contributed by atoms with Gasteiger partial charge in [-0.05, 0) is 43.2 Å². The molecule has 0 spiro atoms. The molecule has 3 rings (SSSR count). The highest BCUT2D eigenvalue weighted by atomic mass is 32.1. The highest BCUT2D eigenvalue weighted by Crippen LogP contribution is 2.24. The van der Waals surface area contributed by atoms with Gasteiger partial charge in [0.05, 0.1) is 11.7 Å². The van der Waals surface area contributed by atoms with E-state index >= 15 is 0 Å². The molecule has 0 saturated heterocycles.